The summed E-state index contributed by atoms with van der Waals surface area (Å²) < 4.78 is 3.58. The van der Waals surface area contributed by atoms with Crippen molar-refractivity contribution >= 4 is 29.3 Å². The summed E-state index contributed by atoms with van der Waals surface area (Å²) in [5.74, 6) is -0.154. The lowest BCUT2D eigenvalue weighted by molar-refractivity contribution is -0.136. The highest BCUT2D eigenvalue weighted by molar-refractivity contribution is 8.00. The summed E-state index contributed by atoms with van der Waals surface area (Å²) in [5, 5.41) is 22.1. The third kappa shape index (κ3) is 3.56. The lowest BCUT2D eigenvalue weighted by Gasteiger charge is -2.09. The maximum absolute atomic E-state index is 10.9. The molecule has 2 heterocycles. The van der Waals surface area contributed by atoms with Gasteiger partial charge in [0.05, 0.1) is 10.7 Å². The van der Waals surface area contributed by atoms with E-state index >= 15 is 0 Å². The number of nitrogens with zero attached hydrogens (tertiary/aromatic N) is 5. The first-order valence-electron chi connectivity index (χ1n) is 6.43. The molecule has 2 rings (SSSR count). The normalized spacial score (nSPS) is 12.6. The van der Waals surface area contributed by atoms with Gasteiger partial charge in [0.1, 0.15) is 11.8 Å². The molecular weight excluding hydrogens is 314 g/mol. The predicted octanol–water partition coefficient (Wildman–Crippen LogP) is 2.07. The van der Waals surface area contributed by atoms with E-state index in [0.717, 1.165) is 11.5 Å². The van der Waals surface area contributed by atoms with Crippen molar-refractivity contribution in [2.45, 2.75) is 44.3 Å². The van der Waals surface area contributed by atoms with Gasteiger partial charge in [0.25, 0.3) is 0 Å². The van der Waals surface area contributed by atoms with E-state index in [2.05, 4.69) is 15.3 Å². The van der Waals surface area contributed by atoms with Crippen molar-refractivity contribution in [3.8, 4) is 0 Å². The van der Waals surface area contributed by atoms with Gasteiger partial charge >= 0.3 is 5.97 Å². The topological polar surface area (TPSA) is 85.8 Å². The number of aliphatic carboxylic acids is 1. The van der Waals surface area contributed by atoms with Crippen molar-refractivity contribution in [1.82, 2.24) is 24.5 Å². The molecule has 0 aromatic carbocycles. The molecule has 9 heteroatoms. The molecule has 0 unspecified atom stereocenters. The average Bonchev–Trinajstić information content (AvgIpc) is 2.94. The lowest BCUT2D eigenvalue weighted by atomic mass is 10.5. The van der Waals surface area contributed by atoms with Crippen LogP contribution >= 0.6 is 23.4 Å². The maximum atomic E-state index is 10.9. The van der Waals surface area contributed by atoms with Gasteiger partial charge in [-0.1, -0.05) is 23.4 Å². The maximum Gasteiger partial charge on any atom is 0.316 e. The minimum absolute atomic E-state index is 0.441. The zero-order valence-corrected chi connectivity index (χ0v) is 13.5. The third-order valence-corrected chi connectivity index (χ3v) is 4.37. The Labute approximate surface area is 131 Å². The summed E-state index contributed by atoms with van der Waals surface area (Å²) in [6.07, 6.45) is 1.73. The number of hydrogen-bond donors (Lipinski definition) is 1. The molecule has 0 amide bonds. The molecule has 114 valence electrons. The quantitative estimate of drug-likeness (QED) is 0.816. The molecule has 0 saturated carbocycles. The van der Waals surface area contributed by atoms with Crippen LogP contribution in [0, 0.1) is 6.92 Å². The summed E-state index contributed by atoms with van der Waals surface area (Å²) >= 11 is 7.16. The van der Waals surface area contributed by atoms with Crippen LogP contribution in [-0.2, 0) is 17.9 Å². The van der Waals surface area contributed by atoms with Crippen LogP contribution < -0.4 is 0 Å². The van der Waals surface area contributed by atoms with Gasteiger partial charge < -0.3 is 9.67 Å². The second kappa shape index (κ2) is 6.48. The molecule has 1 N–H and O–H groups in total. The molecular formula is C12H16ClN5O2S. The van der Waals surface area contributed by atoms with Crippen LogP contribution in [0.1, 0.15) is 25.4 Å². The minimum atomic E-state index is -0.873. The predicted molar refractivity (Wildman–Crippen MR) is 79.7 cm³/mol. The van der Waals surface area contributed by atoms with Crippen molar-refractivity contribution in [2.24, 2.45) is 0 Å². The van der Waals surface area contributed by atoms with Gasteiger partial charge in [-0.3, -0.25) is 9.48 Å². The molecule has 2 aromatic rings. The molecule has 2 aromatic heterocycles. The Morgan fingerprint density at radius 1 is 1.52 bits per heavy atom. The van der Waals surface area contributed by atoms with Crippen molar-refractivity contribution in [3.05, 3.63) is 22.7 Å². The van der Waals surface area contributed by atoms with Gasteiger partial charge in [0.2, 0.25) is 0 Å². The van der Waals surface area contributed by atoms with Crippen molar-refractivity contribution < 1.29 is 9.90 Å². The van der Waals surface area contributed by atoms with Gasteiger partial charge in [-0.15, -0.1) is 10.2 Å². The molecule has 0 saturated heterocycles. The van der Waals surface area contributed by atoms with E-state index in [4.69, 9.17) is 16.7 Å². The van der Waals surface area contributed by atoms with Crippen LogP contribution in [0.3, 0.4) is 0 Å². The number of carboxylic acid groups (broad SMARTS) is 1. The Bertz CT molecular complexity index is 635. The molecule has 0 aliphatic rings. The summed E-state index contributed by atoms with van der Waals surface area (Å²) in [5.41, 5.74) is 0.758. The van der Waals surface area contributed by atoms with E-state index in [1.165, 1.54) is 11.8 Å². The van der Waals surface area contributed by atoms with Crippen molar-refractivity contribution in [1.29, 1.82) is 0 Å². The fraction of sp³-hybridized carbons (Fsp3) is 0.500. The Balaban J connectivity index is 2.21. The number of hydrogen-bond acceptors (Lipinski definition) is 5. The fourth-order valence-electron chi connectivity index (χ4n) is 1.77. The van der Waals surface area contributed by atoms with E-state index in [9.17, 15) is 4.79 Å². The highest BCUT2D eigenvalue weighted by Gasteiger charge is 2.19. The SMILES string of the molecule is CCn1c(Cn2cc(Cl)c(C)n2)nnc1S[C@@H](C)C(=O)O. The van der Waals surface area contributed by atoms with Crippen LogP contribution in [0.5, 0.6) is 0 Å². The Kier molecular flexibility index (Phi) is 4.89. The first-order valence-corrected chi connectivity index (χ1v) is 7.69. The summed E-state index contributed by atoms with van der Waals surface area (Å²) in [6.45, 7) is 6.52. The molecule has 21 heavy (non-hydrogen) atoms. The zero-order chi connectivity index (χ0) is 15.6. The number of thioether (sulfide) groups is 1. The lowest BCUT2D eigenvalue weighted by Crippen LogP contribution is -2.14. The summed E-state index contributed by atoms with van der Waals surface area (Å²) in [6, 6.07) is 0. The molecule has 0 radical (unpaired) electrons. The van der Waals surface area contributed by atoms with Crippen LogP contribution in [0.4, 0.5) is 0 Å². The smallest absolute Gasteiger partial charge is 0.316 e. The number of aryl methyl sites for hydroxylation is 1. The van der Waals surface area contributed by atoms with E-state index in [-0.39, 0.29) is 0 Å². The monoisotopic (exact) mass is 329 g/mol. The molecule has 0 fully saturated rings. The van der Waals surface area contributed by atoms with E-state index in [1.807, 2.05) is 18.4 Å². The highest BCUT2D eigenvalue weighted by Crippen LogP contribution is 2.23. The third-order valence-electron chi connectivity index (χ3n) is 2.93. The van der Waals surface area contributed by atoms with Crippen LogP contribution in [0.15, 0.2) is 11.4 Å². The van der Waals surface area contributed by atoms with Crippen LogP contribution in [-0.4, -0.2) is 40.9 Å². The van der Waals surface area contributed by atoms with Crippen molar-refractivity contribution in [2.75, 3.05) is 0 Å². The number of aromatic nitrogens is 5. The fourth-order valence-corrected chi connectivity index (χ4v) is 2.79. The summed E-state index contributed by atoms with van der Waals surface area (Å²) in [4.78, 5) is 10.9. The molecule has 0 spiro atoms. The Morgan fingerprint density at radius 3 is 2.76 bits per heavy atom. The molecule has 0 aliphatic carbocycles. The Morgan fingerprint density at radius 2 is 2.24 bits per heavy atom. The first kappa shape index (κ1) is 15.8. The number of carbonyl (C=O) groups is 1. The highest BCUT2D eigenvalue weighted by atomic mass is 35.5. The summed E-state index contributed by atoms with van der Waals surface area (Å²) in [7, 11) is 0. The molecule has 1 atom stereocenters. The van der Waals surface area contributed by atoms with E-state index in [0.29, 0.717) is 23.3 Å². The second-order valence-electron chi connectivity index (χ2n) is 4.50. The van der Waals surface area contributed by atoms with Crippen molar-refractivity contribution in [3.63, 3.8) is 0 Å². The molecule has 7 nitrogen and oxygen atoms in total. The number of rotatable bonds is 6. The average molecular weight is 330 g/mol. The molecule has 0 aliphatic heterocycles. The number of carboxylic acids is 1. The van der Waals surface area contributed by atoms with Gasteiger partial charge in [0.15, 0.2) is 11.0 Å². The van der Waals surface area contributed by atoms with Crippen LogP contribution in [0.25, 0.3) is 0 Å². The van der Waals surface area contributed by atoms with Gasteiger partial charge in [-0.25, -0.2) is 0 Å². The largest absolute Gasteiger partial charge is 0.480 e. The van der Waals surface area contributed by atoms with Gasteiger partial charge in [-0.05, 0) is 20.8 Å². The van der Waals surface area contributed by atoms with Gasteiger partial charge in [-0.2, -0.15) is 5.10 Å². The standard InChI is InChI=1S/C12H16ClN5O2S/c1-4-18-10(6-17-5-9(13)7(2)16-17)14-15-12(18)21-8(3)11(19)20/h5,8H,4,6H2,1-3H3,(H,19,20)/t8-/m0/s1. The van der Waals surface area contributed by atoms with E-state index in [1.54, 1.807) is 17.8 Å². The minimum Gasteiger partial charge on any atom is -0.480 e. The zero-order valence-electron chi connectivity index (χ0n) is 11.9. The first-order chi connectivity index (χ1) is 9.92. The Hall–Kier alpha value is -1.54. The van der Waals surface area contributed by atoms with E-state index < -0.39 is 11.2 Å². The second-order valence-corrected chi connectivity index (χ2v) is 6.22. The number of halogens is 1. The van der Waals surface area contributed by atoms with Crippen LogP contribution in [0.2, 0.25) is 5.02 Å². The van der Waals surface area contributed by atoms with Gasteiger partial charge in [0, 0.05) is 12.7 Å². The molecule has 0 bridgehead atoms.